The van der Waals surface area contributed by atoms with Crippen LogP contribution in [-0.4, -0.2) is 14.8 Å². The van der Waals surface area contributed by atoms with Gasteiger partial charge in [0.25, 0.3) is 0 Å². The molecule has 0 amide bonds. The summed E-state index contributed by atoms with van der Waals surface area (Å²) in [6, 6.07) is 35.1. The number of aromatic nitrogens is 3. The first kappa shape index (κ1) is 22.8. The zero-order chi connectivity index (χ0) is 23.6. The fraction of sp³-hybridized carbons (Fsp3) is 0.0714. The third-order valence-electron chi connectivity index (χ3n) is 6.34. The SMILES string of the molecule is Cn1nc(-c2cccnc2)c(CP(Cl)(c2ccccc2)(c2ccccc2)c2ccccc2)c1Cl. The standard InChI is InChI=1S/C28H24Cl2N3P/c1-33-28(29)26(27(32-33)22-12-11-19-31-20-22)21-34(30,23-13-5-2-6-14-23,24-15-7-3-8-16-24)25-17-9-4-10-18-25/h2-20H,21H2,1H3. The second-order valence-corrected chi connectivity index (χ2v) is 15.2. The van der Waals surface area contributed by atoms with E-state index in [1.54, 1.807) is 10.9 Å². The molecule has 34 heavy (non-hydrogen) atoms. The molecule has 0 aliphatic rings. The predicted molar refractivity (Wildman–Crippen MR) is 146 cm³/mol. The second kappa shape index (κ2) is 9.00. The Kier molecular flexibility index (Phi) is 6.04. The summed E-state index contributed by atoms with van der Waals surface area (Å²) in [7, 11) is 1.86. The van der Waals surface area contributed by atoms with E-state index in [0.29, 0.717) is 11.3 Å². The minimum absolute atomic E-state index is 0.516. The molecule has 5 aromatic rings. The molecule has 0 spiro atoms. The van der Waals surface area contributed by atoms with Crippen molar-refractivity contribution in [1.82, 2.24) is 14.8 Å². The third-order valence-corrected chi connectivity index (χ3v) is 14.0. The average molecular weight is 504 g/mol. The van der Waals surface area contributed by atoms with Crippen LogP contribution in [0.5, 0.6) is 0 Å². The summed E-state index contributed by atoms with van der Waals surface area (Å²) < 4.78 is 1.72. The maximum absolute atomic E-state index is 8.27. The Labute approximate surface area is 209 Å². The molecule has 0 fully saturated rings. The van der Waals surface area contributed by atoms with Gasteiger partial charge in [-0.15, -0.1) is 0 Å². The van der Waals surface area contributed by atoms with Gasteiger partial charge in [0.05, 0.1) is 0 Å². The normalized spacial score (nSPS) is 12.7. The van der Waals surface area contributed by atoms with Gasteiger partial charge in [-0.3, -0.25) is 0 Å². The molecule has 5 rings (SSSR count). The fourth-order valence-corrected chi connectivity index (χ4v) is 11.0. The van der Waals surface area contributed by atoms with Gasteiger partial charge in [-0.1, -0.05) is 0 Å². The Morgan fingerprint density at radius 1 is 0.735 bits per heavy atom. The molecule has 2 heterocycles. The van der Waals surface area contributed by atoms with Crippen LogP contribution in [0.15, 0.2) is 116 Å². The zero-order valence-corrected chi connectivity index (χ0v) is 21.1. The Hall–Kier alpha value is -2.97. The van der Waals surface area contributed by atoms with Crippen molar-refractivity contribution in [3.8, 4) is 11.3 Å². The number of benzene rings is 3. The van der Waals surface area contributed by atoms with Gasteiger partial charge in [-0.2, -0.15) is 0 Å². The van der Waals surface area contributed by atoms with Gasteiger partial charge in [-0.05, 0) is 0 Å². The molecule has 0 aliphatic carbocycles. The summed E-state index contributed by atoms with van der Waals surface area (Å²) in [6.07, 6.45) is 4.09. The Balaban J connectivity index is 1.87. The first-order valence-electron chi connectivity index (χ1n) is 11.0. The van der Waals surface area contributed by atoms with Crippen molar-refractivity contribution in [3.63, 3.8) is 0 Å². The van der Waals surface area contributed by atoms with Crippen molar-refractivity contribution in [2.24, 2.45) is 7.05 Å². The Morgan fingerprint density at radius 2 is 1.24 bits per heavy atom. The van der Waals surface area contributed by atoms with Crippen LogP contribution >= 0.6 is 28.8 Å². The van der Waals surface area contributed by atoms with Crippen LogP contribution in [0.4, 0.5) is 0 Å². The molecule has 0 saturated heterocycles. The van der Waals surface area contributed by atoms with E-state index >= 15 is 0 Å². The average Bonchev–Trinajstić information content (AvgIpc) is 3.19. The molecule has 3 aromatic carbocycles. The molecule has 3 nitrogen and oxygen atoms in total. The summed E-state index contributed by atoms with van der Waals surface area (Å²) in [5.41, 5.74) is 2.63. The van der Waals surface area contributed by atoms with E-state index in [1.807, 2.05) is 43.6 Å². The Morgan fingerprint density at radius 3 is 1.68 bits per heavy atom. The maximum atomic E-state index is 8.27. The first-order valence-corrected chi connectivity index (χ1v) is 14.7. The van der Waals surface area contributed by atoms with Crippen LogP contribution in [0, 0.1) is 0 Å². The van der Waals surface area contributed by atoms with Gasteiger partial charge < -0.3 is 0 Å². The molecule has 6 heteroatoms. The van der Waals surface area contributed by atoms with Gasteiger partial charge >= 0.3 is 210 Å². The van der Waals surface area contributed by atoms with E-state index < -0.39 is 5.96 Å². The molecule has 0 unspecified atom stereocenters. The molecule has 170 valence electrons. The number of hydrogen-bond donors (Lipinski definition) is 0. The van der Waals surface area contributed by atoms with Gasteiger partial charge in [0.1, 0.15) is 0 Å². The van der Waals surface area contributed by atoms with Crippen LogP contribution in [0.2, 0.25) is 5.15 Å². The number of nitrogens with zero attached hydrogens (tertiary/aromatic N) is 3. The summed E-state index contributed by atoms with van der Waals surface area (Å²) in [5, 5.41) is 8.63. The van der Waals surface area contributed by atoms with Crippen molar-refractivity contribution in [3.05, 3.63) is 126 Å². The minimum atomic E-state index is -3.56. The molecule has 0 N–H and O–H groups in total. The van der Waals surface area contributed by atoms with Crippen molar-refractivity contribution < 1.29 is 0 Å². The van der Waals surface area contributed by atoms with E-state index in [2.05, 4.69) is 77.8 Å². The molecule has 0 radical (unpaired) electrons. The first-order chi connectivity index (χ1) is 16.5. The van der Waals surface area contributed by atoms with Gasteiger partial charge in [0.15, 0.2) is 0 Å². The van der Waals surface area contributed by atoms with E-state index in [1.165, 1.54) is 0 Å². The molecule has 0 aliphatic heterocycles. The van der Waals surface area contributed by atoms with Gasteiger partial charge in [0, 0.05) is 0 Å². The van der Waals surface area contributed by atoms with Crippen molar-refractivity contribution in [2.45, 2.75) is 6.16 Å². The monoisotopic (exact) mass is 503 g/mol. The van der Waals surface area contributed by atoms with Crippen molar-refractivity contribution >= 4 is 44.7 Å². The quantitative estimate of drug-likeness (QED) is 0.254. The second-order valence-electron chi connectivity index (χ2n) is 8.33. The van der Waals surface area contributed by atoms with Crippen LogP contribution in [0.25, 0.3) is 11.3 Å². The summed E-state index contributed by atoms with van der Waals surface area (Å²) in [5.74, 6) is -3.56. The molecule has 0 saturated carbocycles. The summed E-state index contributed by atoms with van der Waals surface area (Å²) >= 11 is 15.2. The van der Waals surface area contributed by atoms with E-state index in [9.17, 15) is 0 Å². The topological polar surface area (TPSA) is 30.7 Å². The molecular weight excluding hydrogens is 480 g/mol. The van der Waals surface area contributed by atoms with Crippen LogP contribution in [0.1, 0.15) is 5.56 Å². The van der Waals surface area contributed by atoms with E-state index in [-0.39, 0.29) is 0 Å². The van der Waals surface area contributed by atoms with Gasteiger partial charge in [-0.25, -0.2) is 0 Å². The molecule has 0 bridgehead atoms. The van der Waals surface area contributed by atoms with Crippen LogP contribution in [0.3, 0.4) is 0 Å². The summed E-state index contributed by atoms with van der Waals surface area (Å²) in [4.78, 5) is 4.31. The summed E-state index contributed by atoms with van der Waals surface area (Å²) in [6.45, 7) is 0. The van der Waals surface area contributed by atoms with Crippen molar-refractivity contribution in [2.75, 3.05) is 0 Å². The number of rotatable bonds is 6. The fourth-order valence-electron chi connectivity index (χ4n) is 4.66. The molecule has 0 atom stereocenters. The third kappa shape index (κ3) is 3.65. The predicted octanol–water partition coefficient (Wildman–Crippen LogP) is 6.32. The van der Waals surface area contributed by atoms with E-state index in [4.69, 9.17) is 27.9 Å². The number of halogens is 2. The number of aryl methyl sites for hydroxylation is 1. The molecule has 2 aromatic heterocycles. The zero-order valence-electron chi connectivity index (χ0n) is 18.7. The number of hydrogen-bond acceptors (Lipinski definition) is 2. The van der Waals surface area contributed by atoms with Crippen LogP contribution in [-0.2, 0) is 13.2 Å². The Bertz CT molecular complexity index is 1310. The van der Waals surface area contributed by atoms with E-state index in [0.717, 1.165) is 32.7 Å². The number of pyridine rings is 1. The van der Waals surface area contributed by atoms with Gasteiger partial charge in [0.2, 0.25) is 0 Å². The van der Waals surface area contributed by atoms with Crippen molar-refractivity contribution in [1.29, 1.82) is 0 Å². The molecular formula is C28H24Cl2N3P. The van der Waals surface area contributed by atoms with Crippen LogP contribution < -0.4 is 15.9 Å².